The zero-order chi connectivity index (χ0) is 10.8. The Hall–Kier alpha value is -0.463. The molecule has 0 unspecified atom stereocenters. The van der Waals surface area contributed by atoms with Crippen LogP contribution in [0.1, 0.15) is 39.0 Å². The maximum absolute atomic E-state index is 11.0. The van der Waals surface area contributed by atoms with E-state index in [9.17, 15) is 9.59 Å². The second-order valence-electron chi connectivity index (χ2n) is 4.15. The van der Waals surface area contributed by atoms with Crippen molar-refractivity contribution < 1.29 is 19.8 Å². The summed E-state index contributed by atoms with van der Waals surface area (Å²) in [5, 5.41) is 17.9. The van der Waals surface area contributed by atoms with E-state index in [1.807, 2.05) is 0 Å². The van der Waals surface area contributed by atoms with Crippen LogP contribution in [0.5, 0.6) is 0 Å². The zero-order valence-corrected chi connectivity index (χ0v) is 8.32. The van der Waals surface area contributed by atoms with Gasteiger partial charge in [0.25, 0.3) is 0 Å². The third kappa shape index (κ3) is 2.76. The van der Waals surface area contributed by atoms with Crippen LogP contribution in [0.15, 0.2) is 0 Å². The van der Waals surface area contributed by atoms with E-state index in [0.717, 1.165) is 32.1 Å². The summed E-state index contributed by atoms with van der Waals surface area (Å²) >= 11 is 0. The predicted molar refractivity (Wildman–Crippen MR) is 57.1 cm³/mol. The summed E-state index contributed by atoms with van der Waals surface area (Å²) in [6, 6.07) is 0. The van der Waals surface area contributed by atoms with Crippen LogP contribution in [0.3, 0.4) is 0 Å². The Morgan fingerprint density at radius 2 is 1.47 bits per heavy atom. The number of hydrogen-bond donors (Lipinski definition) is 2. The molecule has 0 aliphatic heterocycles. The first-order chi connectivity index (χ1) is 6.49. The average Bonchev–Trinajstić information content (AvgIpc) is 2.17. The number of carboxylic acids is 2. The van der Waals surface area contributed by atoms with Gasteiger partial charge >= 0.3 is 30.8 Å². The van der Waals surface area contributed by atoms with Crippen molar-refractivity contribution in [2.24, 2.45) is 11.3 Å². The number of aliphatic carboxylic acids is 2. The molecule has 1 fully saturated rings. The molecule has 1 rings (SSSR count). The number of carboxylic acid groups (broad SMARTS) is 2. The van der Waals surface area contributed by atoms with Crippen molar-refractivity contribution in [3.8, 4) is 0 Å². The summed E-state index contributed by atoms with van der Waals surface area (Å²) in [4.78, 5) is 22.0. The van der Waals surface area contributed by atoms with E-state index < -0.39 is 17.4 Å². The quantitative estimate of drug-likeness (QED) is 0.537. The van der Waals surface area contributed by atoms with Crippen LogP contribution < -0.4 is 0 Å². The molecule has 0 saturated heterocycles. The summed E-state index contributed by atoms with van der Waals surface area (Å²) in [6.45, 7) is 1.33. The van der Waals surface area contributed by atoms with Gasteiger partial charge in [0.05, 0.1) is 0 Å². The second kappa shape index (κ2) is 5.57. The first-order valence-electron chi connectivity index (χ1n) is 4.96. The Morgan fingerprint density at radius 3 is 1.80 bits per heavy atom. The molecule has 0 atom stereocenters. The van der Waals surface area contributed by atoms with E-state index in [1.165, 1.54) is 6.92 Å². The molecule has 82 valence electrons. The van der Waals surface area contributed by atoms with E-state index in [0.29, 0.717) is 0 Å². The first-order valence-corrected chi connectivity index (χ1v) is 4.96. The van der Waals surface area contributed by atoms with Gasteiger partial charge < -0.3 is 10.2 Å². The molecule has 0 spiro atoms. The van der Waals surface area contributed by atoms with Gasteiger partial charge in [-0.25, -0.2) is 0 Å². The van der Waals surface area contributed by atoms with Crippen molar-refractivity contribution >= 4 is 30.8 Å². The van der Waals surface area contributed by atoms with Gasteiger partial charge in [-0.1, -0.05) is 19.3 Å². The summed E-state index contributed by atoms with van der Waals surface area (Å²) in [6.07, 6.45) is 4.41. The molecule has 0 aromatic heterocycles. The Balaban J connectivity index is 0.00000196. The summed E-state index contributed by atoms with van der Waals surface area (Å²) in [7, 11) is 0. The predicted octanol–water partition coefficient (Wildman–Crippen LogP) is 1.09. The average molecular weight is 208 g/mol. The maximum atomic E-state index is 11.0. The molecule has 1 saturated carbocycles. The second-order valence-corrected chi connectivity index (χ2v) is 4.15. The van der Waals surface area contributed by atoms with Gasteiger partial charge in [-0.3, -0.25) is 9.59 Å². The molecule has 5 heteroatoms. The van der Waals surface area contributed by atoms with Gasteiger partial charge in [-0.15, -0.1) is 0 Å². The molecule has 4 nitrogen and oxygen atoms in total. The van der Waals surface area contributed by atoms with E-state index >= 15 is 0 Å². The molecule has 0 amide bonds. The van der Waals surface area contributed by atoms with Gasteiger partial charge in [-0.05, 0) is 25.7 Å². The molecule has 0 heterocycles. The summed E-state index contributed by atoms with van der Waals surface area (Å²) in [5.41, 5.74) is -1.60. The van der Waals surface area contributed by atoms with E-state index in [-0.39, 0.29) is 24.8 Å². The first kappa shape index (κ1) is 14.5. The van der Waals surface area contributed by atoms with Crippen molar-refractivity contribution in [2.45, 2.75) is 39.0 Å². The fraction of sp³-hybridized carbons (Fsp3) is 0.800. The Morgan fingerprint density at radius 1 is 1.07 bits per heavy atom. The zero-order valence-electron chi connectivity index (χ0n) is 8.32. The van der Waals surface area contributed by atoms with E-state index in [1.54, 1.807) is 0 Å². The number of rotatable bonds is 3. The Labute approximate surface area is 101 Å². The SMILES string of the molecule is CC(C(=O)O)(C(=O)O)C1CCCCC1.[LiH]. The molecule has 1 aliphatic carbocycles. The molecular formula is C10H17LiO4. The topological polar surface area (TPSA) is 74.6 Å². The van der Waals surface area contributed by atoms with E-state index in [4.69, 9.17) is 10.2 Å². The standard InChI is InChI=1S/C10H16O4.Li.H/c1-10(8(11)12,9(13)14)7-5-3-2-4-6-7;;/h7H,2-6H2,1H3,(H,11,12)(H,13,14);;. The molecular weight excluding hydrogens is 191 g/mol. The number of hydrogen-bond acceptors (Lipinski definition) is 2. The van der Waals surface area contributed by atoms with Gasteiger partial charge in [0.1, 0.15) is 0 Å². The van der Waals surface area contributed by atoms with Crippen LogP contribution in [-0.2, 0) is 9.59 Å². The Bertz CT molecular complexity index is 232. The minimum atomic E-state index is -1.60. The molecule has 1 aliphatic rings. The Kier molecular flexibility index (Phi) is 5.40. The van der Waals surface area contributed by atoms with Crippen LogP contribution in [0.25, 0.3) is 0 Å². The fourth-order valence-electron chi connectivity index (χ4n) is 2.12. The molecule has 0 bridgehead atoms. The molecule has 0 radical (unpaired) electrons. The molecule has 0 aromatic rings. The third-order valence-electron chi connectivity index (χ3n) is 3.31. The minimum absolute atomic E-state index is 0. The van der Waals surface area contributed by atoms with Crippen LogP contribution >= 0.6 is 0 Å². The van der Waals surface area contributed by atoms with Crippen molar-refractivity contribution in [1.29, 1.82) is 0 Å². The third-order valence-corrected chi connectivity index (χ3v) is 3.31. The van der Waals surface area contributed by atoms with Crippen LogP contribution in [0.2, 0.25) is 0 Å². The van der Waals surface area contributed by atoms with Gasteiger partial charge in [0.2, 0.25) is 0 Å². The summed E-state index contributed by atoms with van der Waals surface area (Å²) in [5.74, 6) is -2.64. The summed E-state index contributed by atoms with van der Waals surface area (Å²) < 4.78 is 0. The molecule has 0 aromatic carbocycles. The van der Waals surface area contributed by atoms with Crippen LogP contribution in [0, 0.1) is 11.3 Å². The van der Waals surface area contributed by atoms with Crippen LogP contribution in [0.4, 0.5) is 0 Å². The van der Waals surface area contributed by atoms with Crippen molar-refractivity contribution in [2.75, 3.05) is 0 Å². The van der Waals surface area contributed by atoms with Gasteiger partial charge in [0, 0.05) is 0 Å². The normalized spacial score (nSPS) is 17.9. The van der Waals surface area contributed by atoms with Crippen molar-refractivity contribution in [3.63, 3.8) is 0 Å². The number of carbonyl (C=O) groups is 2. The van der Waals surface area contributed by atoms with Crippen molar-refractivity contribution in [1.82, 2.24) is 0 Å². The van der Waals surface area contributed by atoms with Gasteiger partial charge in [0.15, 0.2) is 5.41 Å². The van der Waals surface area contributed by atoms with E-state index in [2.05, 4.69) is 0 Å². The van der Waals surface area contributed by atoms with Crippen molar-refractivity contribution in [3.05, 3.63) is 0 Å². The van der Waals surface area contributed by atoms with Gasteiger partial charge in [-0.2, -0.15) is 0 Å². The molecule has 2 N–H and O–H groups in total. The fourth-order valence-corrected chi connectivity index (χ4v) is 2.12. The van der Waals surface area contributed by atoms with Crippen LogP contribution in [-0.4, -0.2) is 41.0 Å². The molecule has 15 heavy (non-hydrogen) atoms. The monoisotopic (exact) mass is 208 g/mol.